The molecule has 0 spiro atoms. The van der Waals surface area contributed by atoms with Gasteiger partial charge in [0.05, 0.1) is 18.6 Å². The molecule has 0 radical (unpaired) electrons. The summed E-state index contributed by atoms with van der Waals surface area (Å²) in [6.07, 6.45) is 0. The lowest BCUT2D eigenvalue weighted by Crippen LogP contribution is -2.29. The fourth-order valence-electron chi connectivity index (χ4n) is 2.70. The molecule has 0 saturated heterocycles. The molecule has 0 atom stereocenters. The Morgan fingerprint density at radius 2 is 1.69 bits per heavy atom. The summed E-state index contributed by atoms with van der Waals surface area (Å²) < 4.78 is 30.2. The van der Waals surface area contributed by atoms with Crippen molar-refractivity contribution in [2.45, 2.75) is 13.8 Å². The maximum atomic E-state index is 13.4. The van der Waals surface area contributed by atoms with Crippen molar-refractivity contribution in [2.24, 2.45) is 0 Å². The van der Waals surface area contributed by atoms with Gasteiger partial charge in [-0.3, -0.25) is 9.36 Å². The predicted octanol–water partition coefficient (Wildman–Crippen LogP) is 5.00. The monoisotopic (exact) mass is 392 g/mol. The fourth-order valence-corrected chi connectivity index (χ4v) is 4.68. The summed E-state index contributed by atoms with van der Waals surface area (Å²) in [6, 6.07) is 13.7. The molecule has 136 valence electrons. The zero-order valence-corrected chi connectivity index (χ0v) is 16.0. The molecule has 3 aromatic rings. The van der Waals surface area contributed by atoms with E-state index in [4.69, 9.17) is 25.1 Å². The molecule has 5 nitrogen and oxygen atoms in total. The van der Waals surface area contributed by atoms with E-state index >= 15 is 0 Å². The zero-order chi connectivity index (χ0) is 18.7. The Kier molecular flexibility index (Phi) is 5.64. The highest BCUT2D eigenvalue weighted by atomic mass is 35.5. The summed E-state index contributed by atoms with van der Waals surface area (Å²) in [4.78, 5) is 13.2. The SMILES string of the molecule is CCOP(=O)(OCC)c1c(-c2ccccc2)oc2ccc(Cl)cc2c1=O. The molecule has 26 heavy (non-hydrogen) atoms. The average Bonchev–Trinajstić information content (AvgIpc) is 2.63. The first-order valence-corrected chi connectivity index (χ1v) is 10.1. The van der Waals surface area contributed by atoms with Gasteiger partial charge in [-0.15, -0.1) is 0 Å². The van der Waals surface area contributed by atoms with Gasteiger partial charge in [0.1, 0.15) is 5.58 Å². The minimum atomic E-state index is -3.88. The van der Waals surface area contributed by atoms with Crippen LogP contribution in [0.15, 0.2) is 57.7 Å². The van der Waals surface area contributed by atoms with Crippen LogP contribution in [0.1, 0.15) is 13.8 Å². The summed E-state index contributed by atoms with van der Waals surface area (Å²) in [5.41, 5.74) is 0.482. The Morgan fingerprint density at radius 3 is 2.31 bits per heavy atom. The van der Waals surface area contributed by atoms with Gasteiger partial charge in [-0.1, -0.05) is 41.9 Å². The molecule has 0 aliphatic rings. The van der Waals surface area contributed by atoms with Gasteiger partial charge < -0.3 is 13.5 Å². The molecule has 0 aliphatic carbocycles. The van der Waals surface area contributed by atoms with Crippen molar-refractivity contribution >= 4 is 35.5 Å². The molecule has 7 heteroatoms. The normalized spacial score (nSPS) is 11.8. The van der Waals surface area contributed by atoms with Gasteiger partial charge in [0.2, 0.25) is 5.43 Å². The standard InChI is InChI=1S/C19H18ClO5P/c1-3-23-26(22,24-4-2)19-17(21)15-12-14(20)10-11-16(15)25-18(19)13-8-6-5-7-9-13/h5-12H,3-4H2,1-2H3. The Hall–Kier alpha value is -1.91. The van der Waals surface area contributed by atoms with Gasteiger partial charge in [-0.05, 0) is 32.0 Å². The number of fused-ring (bicyclic) bond motifs is 1. The Labute approximate surface area is 156 Å². The smallest absolute Gasteiger partial charge is 0.369 e. The largest absolute Gasteiger partial charge is 0.455 e. The van der Waals surface area contributed by atoms with E-state index in [1.165, 1.54) is 6.07 Å². The molecular formula is C19H18ClO5P. The van der Waals surface area contributed by atoms with E-state index in [9.17, 15) is 9.36 Å². The predicted molar refractivity (Wildman–Crippen MR) is 103 cm³/mol. The van der Waals surface area contributed by atoms with Gasteiger partial charge >= 0.3 is 7.60 Å². The van der Waals surface area contributed by atoms with Crippen LogP contribution in [-0.2, 0) is 13.6 Å². The van der Waals surface area contributed by atoms with E-state index < -0.39 is 13.0 Å². The number of hydrogen-bond donors (Lipinski definition) is 0. The van der Waals surface area contributed by atoms with Crippen LogP contribution in [0.3, 0.4) is 0 Å². The number of hydrogen-bond acceptors (Lipinski definition) is 5. The van der Waals surface area contributed by atoms with E-state index in [1.54, 1.807) is 50.2 Å². The summed E-state index contributed by atoms with van der Waals surface area (Å²) in [7, 11) is -3.88. The van der Waals surface area contributed by atoms with Crippen LogP contribution in [0.25, 0.3) is 22.3 Å². The molecule has 0 aliphatic heterocycles. The topological polar surface area (TPSA) is 65.7 Å². The van der Waals surface area contributed by atoms with Crippen LogP contribution >= 0.6 is 19.2 Å². The Bertz CT molecular complexity index is 1020. The number of halogens is 1. The summed E-state index contributed by atoms with van der Waals surface area (Å²) in [6.45, 7) is 3.62. The minimum Gasteiger partial charge on any atom is -0.455 e. The lowest BCUT2D eigenvalue weighted by atomic mass is 10.1. The first kappa shape index (κ1) is 18.9. The fraction of sp³-hybridized carbons (Fsp3) is 0.211. The highest BCUT2D eigenvalue weighted by Crippen LogP contribution is 2.48. The number of rotatable bonds is 6. The molecule has 1 aromatic heterocycles. The van der Waals surface area contributed by atoms with Crippen LogP contribution in [0.2, 0.25) is 5.02 Å². The maximum Gasteiger partial charge on any atom is 0.369 e. The minimum absolute atomic E-state index is 0.109. The number of benzene rings is 2. The maximum absolute atomic E-state index is 13.4. The molecule has 1 heterocycles. The lowest BCUT2D eigenvalue weighted by molar-refractivity contribution is 0.229. The molecular weight excluding hydrogens is 375 g/mol. The first-order valence-electron chi connectivity index (χ1n) is 8.21. The second-order valence-corrected chi connectivity index (χ2v) is 7.84. The van der Waals surface area contributed by atoms with Crippen molar-refractivity contribution in [1.29, 1.82) is 0 Å². The van der Waals surface area contributed by atoms with Crippen LogP contribution < -0.4 is 10.7 Å². The molecule has 3 rings (SSSR count). The van der Waals surface area contributed by atoms with Crippen molar-refractivity contribution < 1.29 is 18.0 Å². The second-order valence-electron chi connectivity index (χ2n) is 5.45. The average molecular weight is 393 g/mol. The van der Waals surface area contributed by atoms with Crippen LogP contribution in [0.4, 0.5) is 0 Å². The van der Waals surface area contributed by atoms with Gasteiger partial charge in [0.15, 0.2) is 11.1 Å². The first-order chi connectivity index (χ1) is 12.5. The van der Waals surface area contributed by atoms with E-state index in [0.29, 0.717) is 16.2 Å². The van der Waals surface area contributed by atoms with Crippen molar-refractivity contribution in [3.05, 3.63) is 63.8 Å². The molecule has 0 N–H and O–H groups in total. The quantitative estimate of drug-likeness (QED) is 0.552. The van der Waals surface area contributed by atoms with Gasteiger partial charge in [0.25, 0.3) is 0 Å². The highest BCUT2D eigenvalue weighted by Gasteiger charge is 2.36. The Morgan fingerprint density at radius 1 is 1.04 bits per heavy atom. The summed E-state index contributed by atoms with van der Waals surface area (Å²) in [5.74, 6) is 0.177. The third kappa shape index (κ3) is 3.49. The third-order valence-electron chi connectivity index (χ3n) is 3.74. The van der Waals surface area contributed by atoms with Crippen molar-refractivity contribution in [3.63, 3.8) is 0 Å². The lowest BCUT2D eigenvalue weighted by Gasteiger charge is -2.19. The van der Waals surface area contributed by atoms with Crippen molar-refractivity contribution in [3.8, 4) is 11.3 Å². The molecule has 0 unspecified atom stereocenters. The Balaban J connectivity index is 2.43. The van der Waals surface area contributed by atoms with Gasteiger partial charge in [-0.2, -0.15) is 0 Å². The zero-order valence-electron chi connectivity index (χ0n) is 14.4. The van der Waals surface area contributed by atoms with E-state index in [0.717, 1.165) is 0 Å². The van der Waals surface area contributed by atoms with Crippen LogP contribution in [0.5, 0.6) is 0 Å². The molecule has 0 fully saturated rings. The second kappa shape index (κ2) is 7.77. The molecule has 0 amide bonds. The van der Waals surface area contributed by atoms with Gasteiger partial charge in [0, 0.05) is 10.6 Å². The van der Waals surface area contributed by atoms with E-state index in [-0.39, 0.29) is 29.7 Å². The molecule has 2 aromatic carbocycles. The van der Waals surface area contributed by atoms with E-state index in [2.05, 4.69) is 0 Å². The van der Waals surface area contributed by atoms with Crippen molar-refractivity contribution in [1.82, 2.24) is 0 Å². The van der Waals surface area contributed by atoms with Crippen LogP contribution in [0, 0.1) is 0 Å². The third-order valence-corrected chi connectivity index (χ3v) is 6.12. The molecule has 0 bridgehead atoms. The molecule has 0 saturated carbocycles. The van der Waals surface area contributed by atoms with Crippen molar-refractivity contribution in [2.75, 3.05) is 13.2 Å². The van der Waals surface area contributed by atoms with E-state index in [1.807, 2.05) is 6.07 Å². The van der Waals surface area contributed by atoms with Gasteiger partial charge in [-0.25, -0.2) is 0 Å². The van der Waals surface area contributed by atoms with Crippen LogP contribution in [-0.4, -0.2) is 13.2 Å². The summed E-state index contributed by atoms with van der Waals surface area (Å²) in [5, 5.41) is 0.500. The highest BCUT2D eigenvalue weighted by molar-refractivity contribution is 7.62. The summed E-state index contributed by atoms with van der Waals surface area (Å²) >= 11 is 6.02.